The summed E-state index contributed by atoms with van der Waals surface area (Å²) in [6, 6.07) is 0. The van der Waals surface area contributed by atoms with Crippen molar-refractivity contribution in [3.8, 4) is 0 Å². The van der Waals surface area contributed by atoms with Gasteiger partial charge in [-0.3, -0.25) is 0 Å². The molecular weight excluding hydrogens is 160 g/mol. The zero-order chi connectivity index (χ0) is 9.90. The lowest BCUT2D eigenvalue weighted by molar-refractivity contribution is 0.259. The van der Waals surface area contributed by atoms with E-state index in [1.165, 1.54) is 38.5 Å². The topological polar surface area (TPSA) is 52.0 Å². The molecule has 1 fully saturated rings. The van der Waals surface area contributed by atoms with E-state index < -0.39 is 0 Å². The molecule has 1 unspecified atom stereocenters. The van der Waals surface area contributed by atoms with Gasteiger partial charge >= 0.3 is 0 Å². The molecule has 1 rings (SSSR count). The van der Waals surface area contributed by atoms with Gasteiger partial charge in [-0.25, -0.2) is 0 Å². The van der Waals surface area contributed by atoms with Gasteiger partial charge in [0, 0.05) is 0 Å². The van der Waals surface area contributed by atoms with Crippen LogP contribution in [0, 0.1) is 11.3 Å². The lowest BCUT2D eigenvalue weighted by Gasteiger charge is -2.26. The Morgan fingerprint density at radius 1 is 1.23 bits per heavy atom. The van der Waals surface area contributed by atoms with Crippen molar-refractivity contribution in [2.75, 3.05) is 0 Å². The molecule has 4 N–H and O–H groups in total. The fraction of sp³-hybridized carbons (Fsp3) is 1.00. The number of unbranched alkanes of at least 4 members (excludes halogenated alkanes) is 2. The highest BCUT2D eigenvalue weighted by Gasteiger charge is 2.47. The van der Waals surface area contributed by atoms with Crippen molar-refractivity contribution in [2.45, 2.75) is 58.5 Å². The molecule has 0 aromatic carbocycles. The lowest BCUT2D eigenvalue weighted by atomic mass is 9.84. The van der Waals surface area contributed by atoms with Gasteiger partial charge < -0.3 is 11.5 Å². The molecule has 1 atom stereocenters. The van der Waals surface area contributed by atoms with Gasteiger partial charge in [-0.1, -0.05) is 33.1 Å². The summed E-state index contributed by atoms with van der Waals surface area (Å²) in [4.78, 5) is 0. The third-order valence-electron chi connectivity index (χ3n) is 3.71. The first-order valence-corrected chi connectivity index (χ1v) is 5.63. The number of hydrogen-bond donors (Lipinski definition) is 2. The van der Waals surface area contributed by atoms with Crippen molar-refractivity contribution in [1.29, 1.82) is 0 Å². The normalized spacial score (nSPS) is 21.9. The van der Waals surface area contributed by atoms with Crippen molar-refractivity contribution in [3.63, 3.8) is 0 Å². The van der Waals surface area contributed by atoms with E-state index in [1.54, 1.807) is 0 Å². The molecule has 0 aromatic heterocycles. The van der Waals surface area contributed by atoms with Gasteiger partial charge in [0.15, 0.2) is 0 Å². The van der Waals surface area contributed by atoms with Gasteiger partial charge in [0.25, 0.3) is 0 Å². The molecule has 1 aliphatic carbocycles. The Morgan fingerprint density at radius 3 is 2.23 bits per heavy atom. The molecule has 0 bridgehead atoms. The Hall–Kier alpha value is -0.0800. The highest BCUT2D eigenvalue weighted by molar-refractivity contribution is 4.98. The van der Waals surface area contributed by atoms with E-state index in [0.717, 1.165) is 0 Å². The Bertz CT molecular complexity index is 150. The predicted octanol–water partition coefficient (Wildman–Crippen LogP) is 2.23. The standard InChI is InChI=1S/C11H24N2/c1-3-4-5-6-11(7-8-11)9(2)10(12)13/h9-10H,3-8,12-13H2,1-2H3. The zero-order valence-electron chi connectivity index (χ0n) is 9.05. The smallest absolute Gasteiger partial charge is 0.0552 e. The van der Waals surface area contributed by atoms with Crippen LogP contribution in [-0.4, -0.2) is 6.17 Å². The van der Waals surface area contributed by atoms with Crippen LogP contribution in [0.25, 0.3) is 0 Å². The van der Waals surface area contributed by atoms with Crippen LogP contribution in [0.3, 0.4) is 0 Å². The van der Waals surface area contributed by atoms with E-state index in [9.17, 15) is 0 Å². The molecule has 0 aromatic rings. The fourth-order valence-electron chi connectivity index (χ4n) is 2.23. The lowest BCUT2D eigenvalue weighted by Crippen LogP contribution is -2.41. The third-order valence-corrected chi connectivity index (χ3v) is 3.71. The number of hydrogen-bond acceptors (Lipinski definition) is 2. The molecule has 1 saturated carbocycles. The minimum atomic E-state index is -0.121. The van der Waals surface area contributed by atoms with E-state index in [2.05, 4.69) is 13.8 Å². The summed E-state index contributed by atoms with van der Waals surface area (Å²) in [6.45, 7) is 4.46. The largest absolute Gasteiger partial charge is 0.316 e. The van der Waals surface area contributed by atoms with Gasteiger partial charge in [0.2, 0.25) is 0 Å². The van der Waals surface area contributed by atoms with Gasteiger partial charge in [-0.2, -0.15) is 0 Å². The zero-order valence-corrected chi connectivity index (χ0v) is 9.05. The molecule has 78 valence electrons. The summed E-state index contributed by atoms with van der Waals surface area (Å²) in [6.07, 6.45) is 7.93. The minimum absolute atomic E-state index is 0.121. The highest BCUT2D eigenvalue weighted by Crippen LogP contribution is 2.55. The van der Waals surface area contributed by atoms with Gasteiger partial charge in [0.1, 0.15) is 0 Å². The van der Waals surface area contributed by atoms with Crippen LogP contribution in [0.2, 0.25) is 0 Å². The second-order valence-corrected chi connectivity index (χ2v) is 4.69. The fourth-order valence-corrected chi connectivity index (χ4v) is 2.23. The first-order valence-electron chi connectivity index (χ1n) is 5.63. The molecule has 2 nitrogen and oxygen atoms in total. The second kappa shape index (κ2) is 4.43. The molecule has 0 aliphatic heterocycles. The van der Waals surface area contributed by atoms with Crippen LogP contribution in [0.5, 0.6) is 0 Å². The van der Waals surface area contributed by atoms with E-state index >= 15 is 0 Å². The average molecular weight is 184 g/mol. The predicted molar refractivity (Wildman–Crippen MR) is 57.1 cm³/mol. The Balaban J connectivity index is 2.29. The summed E-state index contributed by atoms with van der Waals surface area (Å²) in [5.41, 5.74) is 12.0. The average Bonchev–Trinajstić information content (AvgIpc) is 2.85. The van der Waals surface area contributed by atoms with Crippen LogP contribution < -0.4 is 11.5 Å². The molecule has 0 heterocycles. The van der Waals surface area contributed by atoms with E-state index in [1.807, 2.05) is 0 Å². The molecule has 2 heteroatoms. The first kappa shape index (κ1) is 11.0. The molecular formula is C11H24N2. The summed E-state index contributed by atoms with van der Waals surface area (Å²) < 4.78 is 0. The monoisotopic (exact) mass is 184 g/mol. The van der Waals surface area contributed by atoms with Crippen molar-refractivity contribution in [3.05, 3.63) is 0 Å². The van der Waals surface area contributed by atoms with Crippen LogP contribution in [0.15, 0.2) is 0 Å². The molecule has 0 radical (unpaired) electrons. The maximum atomic E-state index is 5.74. The summed E-state index contributed by atoms with van der Waals surface area (Å²) >= 11 is 0. The number of nitrogens with two attached hydrogens (primary N) is 2. The maximum Gasteiger partial charge on any atom is 0.0552 e. The van der Waals surface area contributed by atoms with Crippen molar-refractivity contribution in [2.24, 2.45) is 22.8 Å². The SMILES string of the molecule is CCCCCC1(C(C)C(N)N)CC1. The third kappa shape index (κ3) is 2.68. The highest BCUT2D eigenvalue weighted by atomic mass is 14.9. The molecule has 1 aliphatic rings. The molecule has 0 spiro atoms. The van der Waals surface area contributed by atoms with Crippen LogP contribution >= 0.6 is 0 Å². The van der Waals surface area contributed by atoms with Crippen LogP contribution in [-0.2, 0) is 0 Å². The van der Waals surface area contributed by atoms with Gasteiger partial charge in [-0.15, -0.1) is 0 Å². The summed E-state index contributed by atoms with van der Waals surface area (Å²) in [5.74, 6) is 0.504. The van der Waals surface area contributed by atoms with Crippen molar-refractivity contribution >= 4 is 0 Å². The van der Waals surface area contributed by atoms with E-state index in [4.69, 9.17) is 11.5 Å². The Labute approximate surface area is 82.1 Å². The first-order chi connectivity index (χ1) is 6.12. The maximum absolute atomic E-state index is 5.74. The number of rotatable bonds is 6. The second-order valence-electron chi connectivity index (χ2n) is 4.69. The minimum Gasteiger partial charge on any atom is -0.316 e. The quantitative estimate of drug-likeness (QED) is 0.491. The van der Waals surface area contributed by atoms with Crippen LogP contribution in [0.1, 0.15) is 52.4 Å². The summed E-state index contributed by atoms with van der Waals surface area (Å²) in [7, 11) is 0. The van der Waals surface area contributed by atoms with Crippen molar-refractivity contribution in [1.82, 2.24) is 0 Å². The summed E-state index contributed by atoms with van der Waals surface area (Å²) in [5, 5.41) is 0. The van der Waals surface area contributed by atoms with Crippen molar-refractivity contribution < 1.29 is 0 Å². The van der Waals surface area contributed by atoms with E-state index in [-0.39, 0.29) is 6.17 Å². The molecule has 0 amide bonds. The Kier molecular flexibility index (Phi) is 3.74. The van der Waals surface area contributed by atoms with E-state index in [0.29, 0.717) is 11.3 Å². The van der Waals surface area contributed by atoms with Crippen LogP contribution in [0.4, 0.5) is 0 Å². The Morgan fingerprint density at radius 2 is 1.85 bits per heavy atom. The van der Waals surface area contributed by atoms with Gasteiger partial charge in [0.05, 0.1) is 6.17 Å². The molecule has 13 heavy (non-hydrogen) atoms. The molecule has 0 saturated heterocycles. The van der Waals surface area contributed by atoms with Gasteiger partial charge in [-0.05, 0) is 30.6 Å².